The first-order valence-electron chi connectivity index (χ1n) is 6.66. The van der Waals surface area contributed by atoms with Crippen LogP contribution in [-0.2, 0) is 6.42 Å². The van der Waals surface area contributed by atoms with Crippen LogP contribution in [0.5, 0.6) is 11.5 Å². The third-order valence-corrected chi connectivity index (χ3v) is 3.43. The zero-order chi connectivity index (χ0) is 15.4. The molecular weight excluding hydrogens is 296 g/mol. The van der Waals surface area contributed by atoms with Crippen molar-refractivity contribution in [3.63, 3.8) is 0 Å². The van der Waals surface area contributed by atoms with Gasteiger partial charge < -0.3 is 10.5 Å². The molecular formula is C16H16ClF2NO. The van der Waals surface area contributed by atoms with Gasteiger partial charge in [0.15, 0.2) is 11.6 Å². The van der Waals surface area contributed by atoms with Crippen LogP contribution in [0.2, 0.25) is 5.02 Å². The van der Waals surface area contributed by atoms with Crippen LogP contribution in [0.4, 0.5) is 8.78 Å². The van der Waals surface area contributed by atoms with Crippen molar-refractivity contribution in [2.75, 3.05) is 0 Å². The molecule has 2 nitrogen and oxygen atoms in total. The number of rotatable bonds is 5. The Bertz CT molecular complexity index is 634. The molecule has 21 heavy (non-hydrogen) atoms. The fraction of sp³-hybridized carbons (Fsp3) is 0.250. The van der Waals surface area contributed by atoms with Gasteiger partial charge in [0, 0.05) is 12.1 Å². The Kier molecular flexibility index (Phi) is 5.15. The van der Waals surface area contributed by atoms with Crippen molar-refractivity contribution < 1.29 is 13.5 Å². The Balaban J connectivity index is 2.15. The predicted molar refractivity (Wildman–Crippen MR) is 79.9 cm³/mol. The average Bonchev–Trinajstić information content (AvgIpc) is 2.45. The van der Waals surface area contributed by atoms with E-state index in [1.54, 1.807) is 12.1 Å². The Hall–Kier alpha value is -1.65. The molecule has 0 bridgehead atoms. The van der Waals surface area contributed by atoms with Crippen molar-refractivity contribution in [2.45, 2.75) is 25.8 Å². The second-order valence-corrected chi connectivity index (χ2v) is 5.22. The molecule has 2 aromatic carbocycles. The zero-order valence-electron chi connectivity index (χ0n) is 11.6. The summed E-state index contributed by atoms with van der Waals surface area (Å²) in [6.07, 6.45) is 1.60. The average molecular weight is 312 g/mol. The molecule has 1 atom stereocenters. The van der Waals surface area contributed by atoms with Gasteiger partial charge >= 0.3 is 0 Å². The molecule has 0 aliphatic heterocycles. The monoisotopic (exact) mass is 311 g/mol. The largest absolute Gasteiger partial charge is 0.456 e. The van der Waals surface area contributed by atoms with Gasteiger partial charge in [0.05, 0.1) is 5.02 Å². The van der Waals surface area contributed by atoms with E-state index in [0.29, 0.717) is 10.8 Å². The number of hydrogen-bond donors (Lipinski definition) is 1. The highest BCUT2D eigenvalue weighted by Crippen LogP contribution is 2.31. The molecule has 112 valence electrons. The van der Waals surface area contributed by atoms with E-state index in [1.165, 1.54) is 6.07 Å². The summed E-state index contributed by atoms with van der Waals surface area (Å²) in [7, 11) is 0. The Labute approximate surface area is 127 Å². The van der Waals surface area contributed by atoms with Gasteiger partial charge in [0.25, 0.3) is 0 Å². The molecule has 0 saturated heterocycles. The highest BCUT2D eigenvalue weighted by molar-refractivity contribution is 6.32. The second kappa shape index (κ2) is 6.87. The van der Waals surface area contributed by atoms with E-state index in [0.717, 1.165) is 30.5 Å². The summed E-state index contributed by atoms with van der Waals surface area (Å²) in [6.45, 7) is 2.02. The van der Waals surface area contributed by atoms with Crippen molar-refractivity contribution >= 4 is 11.6 Å². The van der Waals surface area contributed by atoms with Gasteiger partial charge in [-0.3, -0.25) is 0 Å². The van der Waals surface area contributed by atoms with Gasteiger partial charge in [0.2, 0.25) is 0 Å². The second-order valence-electron chi connectivity index (χ2n) is 4.82. The molecule has 0 saturated carbocycles. The molecule has 0 radical (unpaired) electrons. The van der Waals surface area contributed by atoms with Crippen molar-refractivity contribution in [1.82, 2.24) is 0 Å². The molecule has 0 aliphatic rings. The molecule has 0 spiro atoms. The predicted octanol–water partition coefficient (Wildman–Crippen LogP) is 4.69. The van der Waals surface area contributed by atoms with Gasteiger partial charge in [-0.05, 0) is 42.7 Å². The molecule has 0 fully saturated rings. The first kappa shape index (κ1) is 15.7. The van der Waals surface area contributed by atoms with E-state index in [4.69, 9.17) is 22.1 Å². The van der Waals surface area contributed by atoms with E-state index >= 15 is 0 Å². The van der Waals surface area contributed by atoms with E-state index in [9.17, 15) is 8.78 Å². The van der Waals surface area contributed by atoms with E-state index in [-0.39, 0.29) is 11.8 Å². The number of benzene rings is 2. The van der Waals surface area contributed by atoms with Crippen LogP contribution in [0.3, 0.4) is 0 Å². The first-order chi connectivity index (χ1) is 9.99. The van der Waals surface area contributed by atoms with Crippen LogP contribution in [0, 0.1) is 11.6 Å². The minimum Gasteiger partial charge on any atom is -0.456 e. The number of hydrogen-bond acceptors (Lipinski definition) is 2. The van der Waals surface area contributed by atoms with Crippen molar-refractivity contribution in [3.8, 4) is 11.5 Å². The molecule has 0 heterocycles. The van der Waals surface area contributed by atoms with E-state index in [1.807, 2.05) is 13.0 Å². The third kappa shape index (κ3) is 4.16. The maximum Gasteiger partial charge on any atom is 0.162 e. The quantitative estimate of drug-likeness (QED) is 0.869. The fourth-order valence-electron chi connectivity index (χ4n) is 1.87. The van der Waals surface area contributed by atoms with Crippen LogP contribution in [0.1, 0.15) is 18.9 Å². The summed E-state index contributed by atoms with van der Waals surface area (Å²) in [4.78, 5) is 0. The zero-order valence-corrected chi connectivity index (χ0v) is 12.3. The minimum absolute atomic E-state index is 0.0824. The van der Waals surface area contributed by atoms with Crippen LogP contribution >= 0.6 is 11.6 Å². The lowest BCUT2D eigenvalue weighted by molar-refractivity contribution is 0.461. The summed E-state index contributed by atoms with van der Waals surface area (Å²) >= 11 is 6.14. The molecule has 2 aromatic rings. The van der Waals surface area contributed by atoms with Gasteiger partial charge in [0.1, 0.15) is 11.5 Å². The van der Waals surface area contributed by atoms with Crippen LogP contribution in [0.25, 0.3) is 0 Å². The normalized spacial score (nSPS) is 12.2. The van der Waals surface area contributed by atoms with Crippen LogP contribution < -0.4 is 10.5 Å². The van der Waals surface area contributed by atoms with Crippen LogP contribution in [0.15, 0.2) is 36.4 Å². The maximum atomic E-state index is 13.1. The number of ether oxygens (including phenoxy) is 1. The summed E-state index contributed by atoms with van der Waals surface area (Å²) < 4.78 is 31.4. The Morgan fingerprint density at radius 1 is 1.14 bits per heavy atom. The van der Waals surface area contributed by atoms with E-state index < -0.39 is 11.6 Å². The lowest BCUT2D eigenvalue weighted by Crippen LogP contribution is -2.21. The van der Waals surface area contributed by atoms with E-state index in [2.05, 4.69) is 0 Å². The third-order valence-electron chi connectivity index (χ3n) is 3.14. The molecule has 0 aromatic heterocycles. The standard InChI is InChI=1S/C16H16ClF2NO/c1-2-11(20)7-10-3-6-16(13(17)8-10)21-12-4-5-14(18)15(19)9-12/h3-6,8-9,11H,2,7,20H2,1H3. The SMILES string of the molecule is CCC(N)Cc1ccc(Oc2ccc(F)c(F)c2)c(Cl)c1. The molecule has 2 N–H and O–H groups in total. The Morgan fingerprint density at radius 2 is 1.90 bits per heavy atom. The van der Waals surface area contributed by atoms with Gasteiger partial charge in [-0.2, -0.15) is 0 Å². The van der Waals surface area contributed by atoms with Crippen LogP contribution in [-0.4, -0.2) is 6.04 Å². The number of halogens is 3. The molecule has 2 rings (SSSR count). The highest BCUT2D eigenvalue weighted by Gasteiger charge is 2.09. The summed E-state index contributed by atoms with van der Waals surface area (Å²) in [5.74, 6) is -1.31. The maximum absolute atomic E-state index is 13.1. The van der Waals surface area contributed by atoms with Crippen molar-refractivity contribution in [2.24, 2.45) is 5.73 Å². The lowest BCUT2D eigenvalue weighted by atomic mass is 10.0. The lowest BCUT2D eigenvalue weighted by Gasteiger charge is -2.12. The Morgan fingerprint density at radius 3 is 2.52 bits per heavy atom. The van der Waals surface area contributed by atoms with Crippen molar-refractivity contribution in [1.29, 1.82) is 0 Å². The van der Waals surface area contributed by atoms with Gasteiger partial charge in [-0.1, -0.05) is 24.6 Å². The fourth-order valence-corrected chi connectivity index (χ4v) is 2.11. The summed E-state index contributed by atoms with van der Waals surface area (Å²) in [5, 5.41) is 0.403. The van der Waals surface area contributed by atoms with Gasteiger partial charge in [-0.25, -0.2) is 8.78 Å². The molecule has 0 amide bonds. The van der Waals surface area contributed by atoms with Crippen molar-refractivity contribution in [3.05, 3.63) is 58.6 Å². The highest BCUT2D eigenvalue weighted by atomic mass is 35.5. The summed E-state index contributed by atoms with van der Waals surface area (Å²) in [6, 6.07) is 8.73. The molecule has 5 heteroatoms. The minimum atomic E-state index is -0.964. The topological polar surface area (TPSA) is 35.2 Å². The molecule has 0 aliphatic carbocycles. The molecule has 1 unspecified atom stereocenters. The smallest absolute Gasteiger partial charge is 0.162 e. The summed E-state index contributed by atoms with van der Waals surface area (Å²) in [5.41, 5.74) is 6.90. The number of nitrogens with two attached hydrogens (primary N) is 1. The van der Waals surface area contributed by atoms with Gasteiger partial charge in [-0.15, -0.1) is 0 Å². The first-order valence-corrected chi connectivity index (χ1v) is 7.04.